The minimum absolute atomic E-state index is 0.0722. The summed E-state index contributed by atoms with van der Waals surface area (Å²) in [5.74, 6) is 1.74. The van der Waals surface area contributed by atoms with Crippen LogP contribution in [0.4, 0.5) is 5.69 Å². The van der Waals surface area contributed by atoms with Gasteiger partial charge in [0, 0.05) is 23.6 Å². The number of fused-ring (bicyclic) bond motifs is 1. The fraction of sp³-hybridized carbons (Fsp3) is 0.200. The Hall–Kier alpha value is -3.00. The molecule has 0 saturated heterocycles. The van der Waals surface area contributed by atoms with Crippen molar-refractivity contribution < 1.29 is 18.1 Å². The van der Waals surface area contributed by atoms with Gasteiger partial charge in [-0.1, -0.05) is 28.9 Å². The number of carbonyl (C=O) groups is 1. The van der Waals surface area contributed by atoms with Crippen molar-refractivity contribution in [2.24, 2.45) is 4.99 Å². The summed E-state index contributed by atoms with van der Waals surface area (Å²) in [6.07, 6.45) is 5.42. The molecule has 0 unspecified atom stereocenters. The fourth-order valence-corrected chi connectivity index (χ4v) is 5.30. The van der Waals surface area contributed by atoms with E-state index < -0.39 is 20.7 Å². The van der Waals surface area contributed by atoms with Crippen molar-refractivity contribution >= 4 is 54.6 Å². The van der Waals surface area contributed by atoms with E-state index in [9.17, 15) is 23.3 Å². The molecule has 1 amide bonds. The summed E-state index contributed by atoms with van der Waals surface area (Å²) in [6, 6.07) is 10.1. The first-order chi connectivity index (χ1) is 14.7. The molecule has 0 bridgehead atoms. The number of benzene rings is 2. The second-order valence-corrected chi connectivity index (χ2v) is 10.0. The molecule has 0 aliphatic carbocycles. The number of rotatable bonds is 7. The molecule has 1 heterocycles. The summed E-state index contributed by atoms with van der Waals surface area (Å²) >= 11 is 6.95. The highest BCUT2D eigenvalue weighted by Crippen LogP contribution is 2.23. The highest BCUT2D eigenvalue weighted by Gasteiger charge is 2.16. The van der Waals surface area contributed by atoms with Crippen molar-refractivity contribution in [3.05, 3.63) is 62.4 Å². The van der Waals surface area contributed by atoms with Crippen LogP contribution in [0.2, 0.25) is 5.02 Å². The Morgan fingerprint density at radius 3 is 2.61 bits per heavy atom. The Bertz CT molecular complexity index is 1370. The van der Waals surface area contributed by atoms with Gasteiger partial charge in [-0.3, -0.25) is 14.9 Å². The lowest BCUT2D eigenvalue weighted by Crippen LogP contribution is -2.17. The Balaban J connectivity index is 1.79. The van der Waals surface area contributed by atoms with Gasteiger partial charge in [0.2, 0.25) is 5.91 Å². The number of nitro groups is 1. The fourth-order valence-electron chi connectivity index (χ4n) is 2.84. The Morgan fingerprint density at radius 1 is 1.26 bits per heavy atom. The van der Waals surface area contributed by atoms with Crippen LogP contribution in [0, 0.1) is 22.5 Å². The lowest BCUT2D eigenvalue weighted by atomic mass is 10.3. The molecule has 8 nitrogen and oxygen atoms in total. The van der Waals surface area contributed by atoms with Gasteiger partial charge in [0.1, 0.15) is 0 Å². The number of halogens is 1. The van der Waals surface area contributed by atoms with E-state index in [1.165, 1.54) is 47.7 Å². The summed E-state index contributed by atoms with van der Waals surface area (Å²) in [5.41, 5.74) is 0.412. The van der Waals surface area contributed by atoms with Crippen LogP contribution in [-0.4, -0.2) is 29.6 Å². The largest absolute Gasteiger partial charge is 0.304 e. The van der Waals surface area contributed by atoms with Gasteiger partial charge in [0.05, 0.1) is 32.3 Å². The highest BCUT2D eigenvalue weighted by atomic mass is 35.5. The number of terminal acetylenes is 1. The third kappa shape index (κ3) is 5.38. The van der Waals surface area contributed by atoms with Crippen molar-refractivity contribution in [1.82, 2.24) is 4.57 Å². The van der Waals surface area contributed by atoms with Crippen LogP contribution < -0.4 is 4.80 Å². The SMILES string of the molecule is C#CCn1c(=NC(=O)CCCS(=O)(=O)c2ccc(Cl)cc2)sc2ccc([N+](=O)[O-])cc21. The molecule has 2 aromatic carbocycles. The average molecular weight is 478 g/mol. The number of thiazole rings is 1. The van der Waals surface area contributed by atoms with Crippen molar-refractivity contribution in [1.29, 1.82) is 0 Å². The van der Waals surface area contributed by atoms with Gasteiger partial charge in [-0.25, -0.2) is 8.42 Å². The molecular formula is C20H16ClN3O5S2. The van der Waals surface area contributed by atoms with Crippen LogP contribution >= 0.6 is 22.9 Å². The molecule has 3 rings (SSSR count). The summed E-state index contributed by atoms with van der Waals surface area (Å²) in [7, 11) is -3.54. The predicted molar refractivity (Wildman–Crippen MR) is 119 cm³/mol. The quantitative estimate of drug-likeness (QED) is 0.293. The standard InChI is InChI=1S/C20H16ClN3O5S2/c1-2-11-23-17-13-15(24(26)27)7-10-18(17)30-20(23)22-19(25)4-3-12-31(28,29)16-8-5-14(21)6-9-16/h1,5-10,13H,3-4,11-12H2. The number of nitrogens with zero attached hydrogens (tertiary/aromatic N) is 3. The number of nitro benzene ring substituents is 1. The molecule has 3 aromatic rings. The van der Waals surface area contributed by atoms with Gasteiger partial charge in [0.25, 0.3) is 5.69 Å². The minimum Gasteiger partial charge on any atom is -0.304 e. The topological polar surface area (TPSA) is 112 Å². The molecule has 0 radical (unpaired) electrons. The molecule has 0 N–H and O–H groups in total. The lowest BCUT2D eigenvalue weighted by molar-refractivity contribution is -0.384. The highest BCUT2D eigenvalue weighted by molar-refractivity contribution is 7.91. The number of hydrogen-bond acceptors (Lipinski definition) is 6. The smallest absolute Gasteiger partial charge is 0.271 e. The summed E-state index contributed by atoms with van der Waals surface area (Å²) in [6.45, 7) is 0.0816. The van der Waals surface area contributed by atoms with Crippen LogP contribution in [-0.2, 0) is 21.2 Å². The van der Waals surface area contributed by atoms with Crippen LogP contribution in [0.15, 0.2) is 52.4 Å². The van der Waals surface area contributed by atoms with E-state index in [-0.39, 0.29) is 35.7 Å². The Kier molecular flexibility index (Phi) is 6.90. The molecule has 160 valence electrons. The number of carbonyl (C=O) groups excluding carboxylic acids is 1. The van der Waals surface area contributed by atoms with Gasteiger partial charge in [-0.2, -0.15) is 4.99 Å². The number of non-ortho nitro benzene ring substituents is 1. The van der Waals surface area contributed by atoms with E-state index >= 15 is 0 Å². The number of amides is 1. The monoisotopic (exact) mass is 477 g/mol. The van der Waals surface area contributed by atoms with Crippen LogP contribution in [0.3, 0.4) is 0 Å². The van der Waals surface area contributed by atoms with Crippen molar-refractivity contribution in [2.45, 2.75) is 24.3 Å². The maximum Gasteiger partial charge on any atom is 0.271 e. The summed E-state index contributed by atoms with van der Waals surface area (Å²) < 4.78 is 27.0. The van der Waals surface area contributed by atoms with Crippen LogP contribution in [0.25, 0.3) is 10.2 Å². The van der Waals surface area contributed by atoms with Crippen molar-refractivity contribution in [3.63, 3.8) is 0 Å². The van der Waals surface area contributed by atoms with E-state index in [1.807, 2.05) is 0 Å². The van der Waals surface area contributed by atoms with E-state index in [1.54, 1.807) is 10.6 Å². The molecule has 1 aromatic heterocycles. The van der Waals surface area contributed by atoms with Crippen LogP contribution in [0.5, 0.6) is 0 Å². The van der Waals surface area contributed by atoms with E-state index in [0.29, 0.717) is 20.0 Å². The zero-order chi connectivity index (χ0) is 22.6. The second kappa shape index (κ2) is 9.43. The van der Waals surface area contributed by atoms with Crippen molar-refractivity contribution in [2.75, 3.05) is 5.75 Å². The summed E-state index contributed by atoms with van der Waals surface area (Å²) in [4.78, 5) is 27.4. The maximum atomic E-state index is 12.4. The maximum absolute atomic E-state index is 12.4. The first-order valence-electron chi connectivity index (χ1n) is 8.98. The van der Waals surface area contributed by atoms with Gasteiger partial charge in [0.15, 0.2) is 14.6 Å². The first-order valence-corrected chi connectivity index (χ1v) is 11.8. The number of hydrogen-bond donors (Lipinski definition) is 0. The molecule has 0 spiro atoms. The number of aromatic nitrogens is 1. The zero-order valence-corrected chi connectivity index (χ0v) is 18.4. The Labute approximate surface area is 186 Å². The molecule has 11 heteroatoms. The number of sulfone groups is 1. The van der Waals surface area contributed by atoms with Gasteiger partial charge >= 0.3 is 0 Å². The summed E-state index contributed by atoms with van der Waals surface area (Å²) in [5, 5.41) is 11.5. The zero-order valence-electron chi connectivity index (χ0n) is 16.0. The molecule has 0 aliphatic heterocycles. The average Bonchev–Trinajstić information content (AvgIpc) is 3.04. The molecule has 31 heavy (non-hydrogen) atoms. The molecule has 0 aliphatic rings. The lowest BCUT2D eigenvalue weighted by Gasteiger charge is -2.03. The normalized spacial score (nSPS) is 12.1. The van der Waals surface area contributed by atoms with Crippen LogP contribution in [0.1, 0.15) is 12.8 Å². The molecular weight excluding hydrogens is 462 g/mol. The van der Waals surface area contributed by atoms with Gasteiger partial charge < -0.3 is 4.57 Å². The molecule has 0 fully saturated rings. The van der Waals surface area contributed by atoms with Gasteiger partial charge in [-0.15, -0.1) is 6.42 Å². The Morgan fingerprint density at radius 2 is 1.97 bits per heavy atom. The third-order valence-electron chi connectivity index (χ3n) is 4.32. The predicted octanol–water partition coefficient (Wildman–Crippen LogP) is 3.58. The minimum atomic E-state index is -3.54. The first kappa shape index (κ1) is 22.7. The van der Waals surface area contributed by atoms with Gasteiger partial charge in [-0.05, 0) is 36.8 Å². The molecule has 0 saturated carbocycles. The van der Waals surface area contributed by atoms with E-state index in [2.05, 4.69) is 10.9 Å². The van der Waals surface area contributed by atoms with Crippen molar-refractivity contribution in [3.8, 4) is 12.3 Å². The van der Waals surface area contributed by atoms with E-state index in [0.717, 1.165) is 0 Å². The van der Waals surface area contributed by atoms with E-state index in [4.69, 9.17) is 18.0 Å². The third-order valence-corrected chi connectivity index (χ3v) is 7.45. The molecule has 0 atom stereocenters. The second-order valence-electron chi connectivity index (χ2n) is 6.47.